The topological polar surface area (TPSA) is 55.0 Å². The quantitative estimate of drug-likeness (QED) is 0.617. The van der Waals surface area contributed by atoms with Gasteiger partial charge in [0.05, 0.1) is 19.0 Å². The summed E-state index contributed by atoms with van der Waals surface area (Å²) >= 11 is 3.14. The highest BCUT2D eigenvalue weighted by Crippen LogP contribution is 2.04. The molecule has 0 aliphatic carbocycles. The van der Waals surface area contributed by atoms with Crippen LogP contribution < -0.4 is 0 Å². The Bertz CT molecular complexity index is 306. The number of imidazole rings is 1. The van der Waals surface area contributed by atoms with Crippen LogP contribution in [0.1, 0.15) is 5.69 Å². The number of halogens is 1. The number of methoxy groups -OCH3 is 1. The molecule has 0 aromatic carbocycles. The van der Waals surface area contributed by atoms with Crippen molar-refractivity contribution in [2.24, 2.45) is 0 Å². The Morgan fingerprint density at radius 1 is 1.83 bits per heavy atom. The first kappa shape index (κ1) is 8.99. The van der Waals surface area contributed by atoms with Crippen molar-refractivity contribution in [3.05, 3.63) is 22.7 Å². The summed E-state index contributed by atoms with van der Waals surface area (Å²) in [6.07, 6.45) is 4.51. The zero-order valence-corrected chi connectivity index (χ0v) is 7.96. The van der Waals surface area contributed by atoms with Crippen LogP contribution in [0, 0.1) is 0 Å². The van der Waals surface area contributed by atoms with Crippen LogP contribution in [-0.4, -0.2) is 23.0 Å². The highest BCUT2D eigenvalue weighted by Gasteiger charge is 1.94. The van der Waals surface area contributed by atoms with Gasteiger partial charge in [-0.15, -0.1) is 0 Å². The molecule has 0 amide bonds. The van der Waals surface area contributed by atoms with Crippen molar-refractivity contribution < 1.29 is 9.53 Å². The lowest BCUT2D eigenvalue weighted by molar-refractivity contribution is -0.134. The second-order valence-electron chi connectivity index (χ2n) is 1.99. The fraction of sp³-hybridized carbons (Fsp3) is 0.143. The normalized spacial score (nSPS) is 10.5. The Labute approximate surface area is 77.8 Å². The summed E-state index contributed by atoms with van der Waals surface area (Å²) in [4.78, 5) is 17.4. The molecule has 1 heterocycles. The van der Waals surface area contributed by atoms with Crippen molar-refractivity contribution in [3.8, 4) is 0 Å². The molecule has 0 saturated carbocycles. The Morgan fingerprint density at radius 3 is 3.08 bits per heavy atom. The molecule has 4 nitrogen and oxygen atoms in total. The van der Waals surface area contributed by atoms with E-state index >= 15 is 0 Å². The van der Waals surface area contributed by atoms with Crippen LogP contribution in [0.3, 0.4) is 0 Å². The second-order valence-corrected chi connectivity index (χ2v) is 2.74. The zero-order chi connectivity index (χ0) is 8.97. The maximum Gasteiger partial charge on any atom is 0.330 e. The van der Waals surface area contributed by atoms with Crippen LogP contribution in [-0.2, 0) is 9.53 Å². The number of nitrogens with zero attached hydrogens (tertiary/aromatic N) is 1. The number of aromatic nitrogens is 2. The molecule has 0 fully saturated rings. The molecule has 0 aliphatic heterocycles. The van der Waals surface area contributed by atoms with Crippen molar-refractivity contribution in [3.63, 3.8) is 0 Å². The van der Waals surface area contributed by atoms with Gasteiger partial charge in [-0.3, -0.25) is 0 Å². The van der Waals surface area contributed by atoms with Gasteiger partial charge in [0.25, 0.3) is 0 Å². The van der Waals surface area contributed by atoms with E-state index in [-0.39, 0.29) is 5.97 Å². The summed E-state index contributed by atoms with van der Waals surface area (Å²) in [5, 5.41) is 0. The van der Waals surface area contributed by atoms with Gasteiger partial charge >= 0.3 is 5.97 Å². The first-order valence-electron chi connectivity index (χ1n) is 3.19. The van der Waals surface area contributed by atoms with Gasteiger partial charge in [-0.05, 0) is 22.0 Å². The van der Waals surface area contributed by atoms with Crippen molar-refractivity contribution >= 4 is 28.0 Å². The third-order valence-electron chi connectivity index (χ3n) is 1.16. The van der Waals surface area contributed by atoms with E-state index in [0.717, 1.165) is 5.69 Å². The molecular formula is C7H7BrN2O2. The molecule has 64 valence electrons. The van der Waals surface area contributed by atoms with Gasteiger partial charge in [0.2, 0.25) is 0 Å². The molecule has 1 aromatic heterocycles. The smallest absolute Gasteiger partial charge is 0.330 e. The number of rotatable bonds is 2. The van der Waals surface area contributed by atoms with Crippen LogP contribution in [0.2, 0.25) is 0 Å². The van der Waals surface area contributed by atoms with E-state index in [0.29, 0.717) is 4.73 Å². The molecule has 0 aliphatic rings. The van der Waals surface area contributed by atoms with Gasteiger partial charge in [-0.2, -0.15) is 0 Å². The van der Waals surface area contributed by atoms with Gasteiger partial charge in [-0.25, -0.2) is 9.78 Å². The summed E-state index contributed by atoms with van der Waals surface area (Å²) < 4.78 is 5.04. The molecule has 0 bridgehead atoms. The Morgan fingerprint density at radius 2 is 2.58 bits per heavy atom. The monoisotopic (exact) mass is 230 g/mol. The van der Waals surface area contributed by atoms with E-state index in [1.54, 1.807) is 12.3 Å². The maximum absolute atomic E-state index is 10.6. The first-order chi connectivity index (χ1) is 5.72. The van der Waals surface area contributed by atoms with E-state index in [1.807, 2.05) is 0 Å². The number of carbonyl (C=O) groups excluding carboxylic acids is 1. The van der Waals surface area contributed by atoms with E-state index in [9.17, 15) is 4.79 Å². The number of hydrogen-bond donors (Lipinski definition) is 1. The van der Waals surface area contributed by atoms with Crippen LogP contribution in [0.5, 0.6) is 0 Å². The number of esters is 1. The maximum atomic E-state index is 10.6. The van der Waals surface area contributed by atoms with Gasteiger partial charge in [0.15, 0.2) is 4.73 Å². The minimum atomic E-state index is -0.388. The summed E-state index contributed by atoms with van der Waals surface area (Å²) in [6, 6.07) is 0. The van der Waals surface area contributed by atoms with E-state index in [4.69, 9.17) is 0 Å². The predicted molar refractivity (Wildman–Crippen MR) is 47.3 cm³/mol. The van der Waals surface area contributed by atoms with Crippen LogP contribution in [0.15, 0.2) is 17.0 Å². The molecule has 5 heteroatoms. The van der Waals surface area contributed by atoms with Crippen molar-refractivity contribution in [1.29, 1.82) is 0 Å². The minimum absolute atomic E-state index is 0.388. The van der Waals surface area contributed by atoms with E-state index in [1.165, 1.54) is 13.2 Å². The molecule has 0 radical (unpaired) electrons. The number of hydrogen-bond acceptors (Lipinski definition) is 3. The molecule has 12 heavy (non-hydrogen) atoms. The minimum Gasteiger partial charge on any atom is -0.466 e. The summed E-state index contributed by atoms with van der Waals surface area (Å²) in [5.41, 5.74) is 0.743. The summed E-state index contributed by atoms with van der Waals surface area (Å²) in [6.45, 7) is 0. The zero-order valence-electron chi connectivity index (χ0n) is 6.37. The van der Waals surface area contributed by atoms with Gasteiger partial charge in [0, 0.05) is 6.08 Å². The Kier molecular flexibility index (Phi) is 3.04. The van der Waals surface area contributed by atoms with Crippen molar-refractivity contribution in [2.75, 3.05) is 7.11 Å². The van der Waals surface area contributed by atoms with Gasteiger partial charge < -0.3 is 9.72 Å². The fourth-order valence-electron chi connectivity index (χ4n) is 0.620. The lowest BCUT2D eigenvalue weighted by atomic mass is 10.4. The average Bonchev–Trinajstić information content (AvgIpc) is 2.47. The molecule has 1 rings (SSSR count). The lowest BCUT2D eigenvalue weighted by Gasteiger charge is -1.87. The highest BCUT2D eigenvalue weighted by molar-refractivity contribution is 9.10. The molecular weight excluding hydrogens is 224 g/mol. The summed E-state index contributed by atoms with van der Waals surface area (Å²) in [7, 11) is 1.33. The fourth-order valence-corrected chi connectivity index (χ4v) is 0.952. The Hall–Kier alpha value is -1.10. The van der Waals surface area contributed by atoms with Crippen LogP contribution in [0.25, 0.3) is 6.08 Å². The number of carbonyl (C=O) groups is 1. The number of ether oxygens (including phenoxy) is 1. The van der Waals surface area contributed by atoms with Crippen molar-refractivity contribution in [2.45, 2.75) is 0 Å². The number of nitrogens with one attached hydrogen (secondary N) is 1. The molecule has 0 atom stereocenters. The van der Waals surface area contributed by atoms with Gasteiger partial charge in [0.1, 0.15) is 0 Å². The third kappa shape index (κ3) is 2.50. The SMILES string of the molecule is COC(=O)/C=C/c1cnc(Br)[nH]1. The predicted octanol–water partition coefficient (Wildman–Crippen LogP) is 1.36. The molecule has 1 aromatic rings. The number of H-pyrrole nitrogens is 1. The standard InChI is InChI=1S/C7H7BrN2O2/c1-12-6(11)3-2-5-4-9-7(8)10-5/h2-4H,1H3,(H,9,10)/b3-2+. The molecule has 1 N–H and O–H groups in total. The molecule has 0 unspecified atom stereocenters. The van der Waals surface area contributed by atoms with E-state index in [2.05, 4.69) is 30.6 Å². The summed E-state index contributed by atoms with van der Waals surface area (Å²) in [5.74, 6) is -0.388. The van der Waals surface area contributed by atoms with Gasteiger partial charge in [-0.1, -0.05) is 0 Å². The van der Waals surface area contributed by atoms with Crippen molar-refractivity contribution in [1.82, 2.24) is 9.97 Å². The molecule has 0 spiro atoms. The first-order valence-corrected chi connectivity index (χ1v) is 3.98. The average molecular weight is 231 g/mol. The highest BCUT2D eigenvalue weighted by atomic mass is 79.9. The van der Waals surface area contributed by atoms with Crippen LogP contribution >= 0.6 is 15.9 Å². The second kappa shape index (κ2) is 4.06. The molecule has 0 saturated heterocycles. The number of aromatic amines is 1. The Balaban J connectivity index is 2.63. The third-order valence-corrected chi connectivity index (χ3v) is 1.57. The van der Waals surface area contributed by atoms with E-state index < -0.39 is 0 Å². The lowest BCUT2D eigenvalue weighted by Crippen LogP contribution is -1.93. The largest absolute Gasteiger partial charge is 0.466 e. The van der Waals surface area contributed by atoms with Crippen LogP contribution in [0.4, 0.5) is 0 Å².